The Morgan fingerprint density at radius 1 is 0.917 bits per heavy atom. The predicted octanol–water partition coefficient (Wildman–Crippen LogP) is 4.31. The number of para-hydroxylation sites is 2. The summed E-state index contributed by atoms with van der Waals surface area (Å²) in [6.07, 6.45) is 4.12. The van der Waals surface area contributed by atoms with Crippen molar-refractivity contribution in [2.24, 2.45) is 0 Å². The Morgan fingerprint density at radius 3 is 2.58 bits per heavy atom. The zero-order valence-corrected chi connectivity index (χ0v) is 14.0. The van der Waals surface area contributed by atoms with Crippen LogP contribution in [0.4, 0.5) is 5.95 Å². The second-order valence-corrected chi connectivity index (χ2v) is 5.97. The highest BCUT2D eigenvalue weighted by Gasteiger charge is 2.05. The van der Waals surface area contributed by atoms with Crippen molar-refractivity contribution < 1.29 is 4.74 Å². The summed E-state index contributed by atoms with van der Waals surface area (Å²) in [7, 11) is 0. The van der Waals surface area contributed by atoms with Crippen molar-refractivity contribution in [3.63, 3.8) is 0 Å². The average molecular weight is 321 g/mol. The van der Waals surface area contributed by atoms with Crippen molar-refractivity contribution >= 4 is 16.9 Å². The SMILES string of the molecule is Cc1ccccc1OCCCCCc1nc(N)nc2ccccc12. The van der Waals surface area contributed by atoms with Gasteiger partial charge in [-0.15, -0.1) is 0 Å². The molecule has 0 aliphatic heterocycles. The molecule has 0 amide bonds. The van der Waals surface area contributed by atoms with E-state index in [0.29, 0.717) is 5.95 Å². The topological polar surface area (TPSA) is 61.0 Å². The highest BCUT2D eigenvalue weighted by molar-refractivity contribution is 5.81. The Hall–Kier alpha value is -2.62. The van der Waals surface area contributed by atoms with Crippen molar-refractivity contribution in [1.29, 1.82) is 0 Å². The summed E-state index contributed by atoms with van der Waals surface area (Å²) in [5, 5.41) is 1.10. The number of ether oxygens (including phenoxy) is 1. The molecule has 0 aliphatic rings. The number of unbranched alkanes of at least 4 members (excludes halogenated alkanes) is 2. The van der Waals surface area contributed by atoms with Gasteiger partial charge in [0.2, 0.25) is 5.95 Å². The molecular formula is C20H23N3O. The van der Waals surface area contributed by atoms with Gasteiger partial charge in [0.1, 0.15) is 5.75 Å². The molecule has 0 saturated carbocycles. The first-order valence-electron chi connectivity index (χ1n) is 8.43. The van der Waals surface area contributed by atoms with Crippen LogP contribution in [0.3, 0.4) is 0 Å². The third kappa shape index (κ3) is 4.02. The lowest BCUT2D eigenvalue weighted by atomic mass is 10.1. The van der Waals surface area contributed by atoms with Crippen LogP contribution in [0.25, 0.3) is 10.9 Å². The van der Waals surface area contributed by atoms with Crippen molar-refractivity contribution in [2.45, 2.75) is 32.6 Å². The first-order valence-corrected chi connectivity index (χ1v) is 8.43. The number of nitrogens with two attached hydrogens (primary N) is 1. The molecule has 0 unspecified atom stereocenters. The van der Waals surface area contributed by atoms with Crippen molar-refractivity contribution in [3.05, 3.63) is 59.8 Å². The molecule has 24 heavy (non-hydrogen) atoms. The Morgan fingerprint density at radius 2 is 1.71 bits per heavy atom. The van der Waals surface area contributed by atoms with Crippen LogP contribution in [-0.4, -0.2) is 16.6 Å². The molecule has 3 aromatic rings. The van der Waals surface area contributed by atoms with E-state index in [-0.39, 0.29) is 0 Å². The molecule has 2 aromatic carbocycles. The monoisotopic (exact) mass is 321 g/mol. The highest BCUT2D eigenvalue weighted by Crippen LogP contribution is 2.19. The lowest BCUT2D eigenvalue weighted by Gasteiger charge is -2.09. The Kier molecular flexibility index (Phi) is 5.26. The summed E-state index contributed by atoms with van der Waals surface area (Å²) >= 11 is 0. The number of rotatable bonds is 7. The van der Waals surface area contributed by atoms with Gasteiger partial charge in [0.15, 0.2) is 0 Å². The van der Waals surface area contributed by atoms with Gasteiger partial charge in [-0.25, -0.2) is 9.97 Å². The summed E-state index contributed by atoms with van der Waals surface area (Å²) in [6, 6.07) is 16.2. The number of aryl methyl sites for hydroxylation is 2. The number of aromatic nitrogens is 2. The average Bonchev–Trinajstić information content (AvgIpc) is 2.59. The maximum Gasteiger partial charge on any atom is 0.220 e. The fourth-order valence-electron chi connectivity index (χ4n) is 2.82. The van der Waals surface area contributed by atoms with E-state index >= 15 is 0 Å². The lowest BCUT2D eigenvalue weighted by Crippen LogP contribution is -2.02. The lowest BCUT2D eigenvalue weighted by molar-refractivity contribution is 0.303. The number of anilines is 1. The summed E-state index contributed by atoms with van der Waals surface area (Å²) < 4.78 is 5.83. The van der Waals surface area contributed by atoms with Crippen LogP contribution in [-0.2, 0) is 6.42 Å². The van der Waals surface area contributed by atoms with Gasteiger partial charge < -0.3 is 10.5 Å². The van der Waals surface area contributed by atoms with Gasteiger partial charge in [-0.1, -0.05) is 36.4 Å². The molecule has 0 bridgehead atoms. The van der Waals surface area contributed by atoms with E-state index < -0.39 is 0 Å². The Bertz CT molecular complexity index is 817. The van der Waals surface area contributed by atoms with Crippen LogP contribution in [0.15, 0.2) is 48.5 Å². The maximum absolute atomic E-state index is 5.83. The number of benzene rings is 2. The number of nitrogen functional groups attached to an aromatic ring is 1. The van der Waals surface area contributed by atoms with E-state index in [1.54, 1.807) is 0 Å². The molecule has 0 saturated heterocycles. The number of fused-ring (bicyclic) bond motifs is 1. The van der Waals surface area contributed by atoms with E-state index in [9.17, 15) is 0 Å². The Balaban J connectivity index is 1.48. The first-order chi connectivity index (χ1) is 11.7. The third-order valence-corrected chi connectivity index (χ3v) is 4.11. The molecule has 0 radical (unpaired) electrons. The molecular weight excluding hydrogens is 298 g/mol. The van der Waals surface area contributed by atoms with Crippen molar-refractivity contribution in [2.75, 3.05) is 12.3 Å². The van der Waals surface area contributed by atoms with Gasteiger partial charge >= 0.3 is 0 Å². The quantitative estimate of drug-likeness (QED) is 0.659. The first kappa shape index (κ1) is 16.2. The van der Waals surface area contributed by atoms with Crippen LogP contribution in [0.2, 0.25) is 0 Å². The van der Waals surface area contributed by atoms with Gasteiger partial charge in [-0.05, 0) is 50.3 Å². The van der Waals surface area contributed by atoms with Gasteiger partial charge in [0.05, 0.1) is 17.8 Å². The molecule has 0 aliphatic carbocycles. The fourth-order valence-corrected chi connectivity index (χ4v) is 2.82. The van der Waals surface area contributed by atoms with Crippen LogP contribution in [0, 0.1) is 6.92 Å². The van der Waals surface area contributed by atoms with E-state index in [2.05, 4.69) is 29.0 Å². The maximum atomic E-state index is 5.83. The molecule has 1 heterocycles. The number of hydrogen-bond acceptors (Lipinski definition) is 4. The van der Waals surface area contributed by atoms with Gasteiger partial charge in [0.25, 0.3) is 0 Å². The smallest absolute Gasteiger partial charge is 0.220 e. The second kappa shape index (κ2) is 7.77. The van der Waals surface area contributed by atoms with Crippen LogP contribution >= 0.6 is 0 Å². The summed E-state index contributed by atoms with van der Waals surface area (Å²) in [4.78, 5) is 8.70. The van der Waals surface area contributed by atoms with E-state index in [1.807, 2.05) is 36.4 Å². The van der Waals surface area contributed by atoms with Crippen molar-refractivity contribution in [3.8, 4) is 5.75 Å². The molecule has 2 N–H and O–H groups in total. The van der Waals surface area contributed by atoms with Crippen LogP contribution in [0.5, 0.6) is 5.75 Å². The second-order valence-electron chi connectivity index (χ2n) is 5.97. The minimum atomic E-state index is 0.353. The minimum Gasteiger partial charge on any atom is -0.493 e. The van der Waals surface area contributed by atoms with Crippen LogP contribution in [0.1, 0.15) is 30.5 Å². The molecule has 0 fully saturated rings. The van der Waals surface area contributed by atoms with Crippen LogP contribution < -0.4 is 10.5 Å². The van der Waals surface area contributed by atoms with E-state index in [1.165, 1.54) is 5.56 Å². The van der Waals surface area contributed by atoms with Gasteiger partial charge in [-0.2, -0.15) is 0 Å². The highest BCUT2D eigenvalue weighted by atomic mass is 16.5. The molecule has 4 heteroatoms. The molecule has 0 atom stereocenters. The van der Waals surface area contributed by atoms with E-state index in [4.69, 9.17) is 10.5 Å². The summed E-state index contributed by atoms with van der Waals surface area (Å²) in [5.41, 5.74) is 8.95. The molecule has 0 spiro atoms. The van der Waals surface area contributed by atoms with Gasteiger partial charge in [-0.3, -0.25) is 0 Å². The van der Waals surface area contributed by atoms with Crippen molar-refractivity contribution in [1.82, 2.24) is 9.97 Å². The predicted molar refractivity (Wildman–Crippen MR) is 98.2 cm³/mol. The third-order valence-electron chi connectivity index (χ3n) is 4.11. The zero-order chi connectivity index (χ0) is 16.8. The summed E-state index contributed by atoms with van der Waals surface area (Å²) in [6.45, 7) is 2.82. The fraction of sp³-hybridized carbons (Fsp3) is 0.300. The molecule has 4 nitrogen and oxygen atoms in total. The molecule has 124 valence electrons. The summed E-state index contributed by atoms with van der Waals surface area (Å²) in [5.74, 6) is 1.33. The minimum absolute atomic E-state index is 0.353. The largest absolute Gasteiger partial charge is 0.493 e. The number of hydrogen-bond donors (Lipinski definition) is 1. The van der Waals surface area contributed by atoms with E-state index in [0.717, 1.165) is 54.6 Å². The number of nitrogens with zero attached hydrogens (tertiary/aromatic N) is 2. The normalized spacial score (nSPS) is 10.9. The zero-order valence-electron chi connectivity index (χ0n) is 14.0. The van der Waals surface area contributed by atoms with Gasteiger partial charge in [0, 0.05) is 5.39 Å². The standard InChI is InChI=1S/C20H23N3O/c1-15-9-4-7-13-19(15)24-14-8-2-3-11-17-16-10-5-6-12-18(16)23-20(21)22-17/h4-7,9-10,12-13H,2-3,8,11,14H2,1H3,(H2,21,22,23). The molecule has 1 aromatic heterocycles. The molecule has 3 rings (SSSR count). The Labute approximate surface area is 142 Å².